The van der Waals surface area contributed by atoms with Crippen LogP contribution in [0.3, 0.4) is 0 Å². The summed E-state index contributed by atoms with van der Waals surface area (Å²) in [5, 5.41) is 9.50. The quantitative estimate of drug-likeness (QED) is 0.401. The Balaban J connectivity index is 1.63. The molecule has 2 rings (SSSR count). The highest BCUT2D eigenvalue weighted by Crippen LogP contribution is 2.23. The smallest absolute Gasteiger partial charge is 0.223 e. The normalized spacial score (nSPS) is 15.5. The zero-order chi connectivity index (χ0) is 17.9. The standard InChI is InChI=1S/C19H30N4O2/c1-20-19(23-14-15-8-10-17(25-2)11-9-15)22-13-12-21-18(24)16-6-4-3-5-7-16/h8-11,16H,3-7,12-14H2,1-2H3,(H,21,24)(H2,20,22,23). The van der Waals surface area contributed by atoms with Crippen molar-refractivity contribution in [2.45, 2.75) is 38.6 Å². The molecule has 0 aromatic heterocycles. The van der Waals surface area contributed by atoms with E-state index in [1.165, 1.54) is 19.3 Å². The van der Waals surface area contributed by atoms with Gasteiger partial charge in [0.05, 0.1) is 7.11 Å². The molecule has 1 aliphatic rings. The number of amides is 1. The van der Waals surface area contributed by atoms with Gasteiger partial charge < -0.3 is 20.7 Å². The van der Waals surface area contributed by atoms with Crippen LogP contribution >= 0.6 is 0 Å². The number of aliphatic imine (C=N–C) groups is 1. The summed E-state index contributed by atoms with van der Waals surface area (Å²) in [6, 6.07) is 7.91. The first-order chi connectivity index (χ1) is 12.2. The molecule has 1 saturated carbocycles. The molecule has 1 aliphatic carbocycles. The minimum Gasteiger partial charge on any atom is -0.497 e. The molecule has 0 saturated heterocycles. The predicted molar refractivity (Wildman–Crippen MR) is 101 cm³/mol. The third-order valence-corrected chi connectivity index (χ3v) is 4.54. The first-order valence-electron chi connectivity index (χ1n) is 9.08. The van der Waals surface area contributed by atoms with Crippen LogP contribution in [0.2, 0.25) is 0 Å². The van der Waals surface area contributed by atoms with E-state index in [1.807, 2.05) is 24.3 Å². The van der Waals surface area contributed by atoms with Crippen molar-refractivity contribution in [3.05, 3.63) is 29.8 Å². The zero-order valence-electron chi connectivity index (χ0n) is 15.3. The Hall–Kier alpha value is -2.24. The van der Waals surface area contributed by atoms with Crippen LogP contribution in [0.4, 0.5) is 0 Å². The van der Waals surface area contributed by atoms with Gasteiger partial charge in [-0.1, -0.05) is 31.4 Å². The fourth-order valence-corrected chi connectivity index (χ4v) is 3.03. The largest absolute Gasteiger partial charge is 0.497 e. The molecule has 0 radical (unpaired) electrons. The van der Waals surface area contributed by atoms with Crippen LogP contribution < -0.4 is 20.7 Å². The molecule has 3 N–H and O–H groups in total. The summed E-state index contributed by atoms with van der Waals surface area (Å²) in [5.41, 5.74) is 1.15. The molecular formula is C19H30N4O2. The lowest BCUT2D eigenvalue weighted by Gasteiger charge is -2.21. The summed E-state index contributed by atoms with van der Waals surface area (Å²) in [5.74, 6) is 1.98. The maximum absolute atomic E-state index is 12.1. The number of carbonyl (C=O) groups is 1. The molecule has 6 nitrogen and oxygen atoms in total. The van der Waals surface area contributed by atoms with Gasteiger partial charge in [-0.3, -0.25) is 9.79 Å². The molecule has 0 atom stereocenters. The van der Waals surface area contributed by atoms with Crippen molar-refractivity contribution < 1.29 is 9.53 Å². The predicted octanol–water partition coefficient (Wildman–Crippen LogP) is 2.06. The molecule has 1 aromatic rings. The summed E-state index contributed by atoms with van der Waals surface area (Å²) < 4.78 is 5.15. The van der Waals surface area contributed by atoms with Gasteiger partial charge in [-0.2, -0.15) is 0 Å². The van der Waals surface area contributed by atoms with Crippen molar-refractivity contribution in [2.24, 2.45) is 10.9 Å². The molecule has 0 heterocycles. The number of nitrogens with one attached hydrogen (secondary N) is 3. The van der Waals surface area contributed by atoms with E-state index in [2.05, 4.69) is 20.9 Å². The van der Waals surface area contributed by atoms with Gasteiger partial charge in [0, 0.05) is 32.6 Å². The lowest BCUT2D eigenvalue weighted by molar-refractivity contribution is -0.125. The van der Waals surface area contributed by atoms with Crippen molar-refractivity contribution in [3.63, 3.8) is 0 Å². The highest BCUT2D eigenvalue weighted by atomic mass is 16.5. The second kappa shape index (κ2) is 10.6. The summed E-state index contributed by atoms with van der Waals surface area (Å²) in [7, 11) is 3.40. The summed E-state index contributed by atoms with van der Waals surface area (Å²) >= 11 is 0. The number of hydrogen-bond donors (Lipinski definition) is 3. The molecule has 0 unspecified atom stereocenters. The maximum atomic E-state index is 12.1. The first kappa shape index (κ1) is 19.1. The number of methoxy groups -OCH3 is 1. The second-order valence-electron chi connectivity index (χ2n) is 6.33. The Kier molecular flexibility index (Phi) is 8.09. The van der Waals surface area contributed by atoms with E-state index in [0.29, 0.717) is 19.6 Å². The van der Waals surface area contributed by atoms with Crippen LogP contribution in [0.15, 0.2) is 29.3 Å². The Morgan fingerprint density at radius 3 is 2.40 bits per heavy atom. The molecule has 1 fully saturated rings. The van der Waals surface area contributed by atoms with Gasteiger partial charge >= 0.3 is 0 Å². The molecular weight excluding hydrogens is 316 g/mol. The Morgan fingerprint density at radius 1 is 1.08 bits per heavy atom. The van der Waals surface area contributed by atoms with Crippen molar-refractivity contribution in [3.8, 4) is 5.75 Å². The monoisotopic (exact) mass is 346 g/mol. The molecule has 6 heteroatoms. The number of guanidine groups is 1. The van der Waals surface area contributed by atoms with Crippen LogP contribution in [0.5, 0.6) is 5.75 Å². The van der Waals surface area contributed by atoms with Gasteiger partial charge in [-0.25, -0.2) is 0 Å². The average molecular weight is 346 g/mol. The fraction of sp³-hybridized carbons (Fsp3) is 0.579. The van der Waals surface area contributed by atoms with Crippen molar-refractivity contribution >= 4 is 11.9 Å². The van der Waals surface area contributed by atoms with Gasteiger partial charge in [0.2, 0.25) is 5.91 Å². The molecule has 0 bridgehead atoms. The molecule has 138 valence electrons. The SMILES string of the molecule is CN=C(NCCNC(=O)C1CCCCC1)NCc1ccc(OC)cc1. The zero-order valence-corrected chi connectivity index (χ0v) is 15.3. The maximum Gasteiger partial charge on any atom is 0.223 e. The number of ether oxygens (including phenoxy) is 1. The highest BCUT2D eigenvalue weighted by Gasteiger charge is 2.20. The summed E-state index contributed by atoms with van der Waals surface area (Å²) in [6.07, 6.45) is 5.69. The van der Waals surface area contributed by atoms with E-state index >= 15 is 0 Å². The molecule has 25 heavy (non-hydrogen) atoms. The third kappa shape index (κ3) is 6.64. The van der Waals surface area contributed by atoms with Crippen molar-refractivity contribution in [1.29, 1.82) is 0 Å². The topological polar surface area (TPSA) is 74.8 Å². The number of benzene rings is 1. The van der Waals surface area contributed by atoms with Crippen LogP contribution in [0.25, 0.3) is 0 Å². The average Bonchev–Trinajstić information content (AvgIpc) is 2.68. The van der Waals surface area contributed by atoms with E-state index in [9.17, 15) is 4.79 Å². The van der Waals surface area contributed by atoms with Gasteiger partial charge in [0.25, 0.3) is 0 Å². The van der Waals surface area contributed by atoms with Crippen LogP contribution in [-0.2, 0) is 11.3 Å². The van der Waals surface area contributed by atoms with E-state index in [1.54, 1.807) is 14.2 Å². The Morgan fingerprint density at radius 2 is 1.76 bits per heavy atom. The highest BCUT2D eigenvalue weighted by molar-refractivity contribution is 5.80. The van der Waals surface area contributed by atoms with E-state index in [-0.39, 0.29) is 11.8 Å². The molecule has 1 aromatic carbocycles. The minimum absolute atomic E-state index is 0.197. The molecule has 0 spiro atoms. The van der Waals surface area contributed by atoms with E-state index in [0.717, 1.165) is 30.1 Å². The van der Waals surface area contributed by atoms with Crippen LogP contribution in [-0.4, -0.2) is 39.1 Å². The van der Waals surface area contributed by atoms with Crippen LogP contribution in [0, 0.1) is 5.92 Å². The summed E-state index contributed by atoms with van der Waals surface area (Å²) in [6.45, 7) is 1.94. The third-order valence-electron chi connectivity index (χ3n) is 4.54. The number of carbonyl (C=O) groups excluding carboxylic acids is 1. The fourth-order valence-electron chi connectivity index (χ4n) is 3.03. The van der Waals surface area contributed by atoms with Gasteiger partial charge in [-0.15, -0.1) is 0 Å². The van der Waals surface area contributed by atoms with E-state index in [4.69, 9.17) is 4.74 Å². The number of rotatable bonds is 7. The van der Waals surface area contributed by atoms with Crippen molar-refractivity contribution in [2.75, 3.05) is 27.2 Å². The lowest BCUT2D eigenvalue weighted by Crippen LogP contribution is -2.42. The first-order valence-corrected chi connectivity index (χ1v) is 9.08. The number of hydrogen-bond acceptors (Lipinski definition) is 3. The summed E-state index contributed by atoms with van der Waals surface area (Å²) in [4.78, 5) is 16.3. The Bertz CT molecular complexity index is 551. The van der Waals surface area contributed by atoms with Gasteiger partial charge in [0.15, 0.2) is 5.96 Å². The minimum atomic E-state index is 0.197. The van der Waals surface area contributed by atoms with Gasteiger partial charge in [-0.05, 0) is 30.5 Å². The lowest BCUT2D eigenvalue weighted by atomic mass is 9.89. The second-order valence-corrected chi connectivity index (χ2v) is 6.33. The van der Waals surface area contributed by atoms with Crippen molar-refractivity contribution in [1.82, 2.24) is 16.0 Å². The number of nitrogens with zero attached hydrogens (tertiary/aromatic N) is 1. The Labute approximate surface area is 150 Å². The van der Waals surface area contributed by atoms with Crippen LogP contribution in [0.1, 0.15) is 37.7 Å². The molecule has 0 aliphatic heterocycles. The molecule has 1 amide bonds. The van der Waals surface area contributed by atoms with E-state index < -0.39 is 0 Å². The van der Waals surface area contributed by atoms with Gasteiger partial charge in [0.1, 0.15) is 5.75 Å².